The van der Waals surface area contributed by atoms with Crippen LogP contribution in [0.5, 0.6) is 0 Å². The van der Waals surface area contributed by atoms with E-state index in [1.807, 2.05) is 42.8 Å². The summed E-state index contributed by atoms with van der Waals surface area (Å²) in [5, 5.41) is 32.2. The number of fused-ring (bicyclic) bond motifs is 4. The van der Waals surface area contributed by atoms with Crippen molar-refractivity contribution < 1.29 is 18.5 Å². The summed E-state index contributed by atoms with van der Waals surface area (Å²) in [6.45, 7) is 13.3. The van der Waals surface area contributed by atoms with Crippen LogP contribution in [0.3, 0.4) is 0 Å². The van der Waals surface area contributed by atoms with Crippen LogP contribution in [0.1, 0.15) is 130 Å². The van der Waals surface area contributed by atoms with Crippen LogP contribution >= 0.6 is 15.9 Å². The lowest BCUT2D eigenvalue weighted by Crippen LogP contribution is -2.41. The molecule has 4 N–H and O–H groups in total. The molecule has 0 saturated carbocycles. The van der Waals surface area contributed by atoms with E-state index < -0.39 is 5.91 Å². The van der Waals surface area contributed by atoms with Gasteiger partial charge in [0.2, 0.25) is 0 Å². The lowest BCUT2D eigenvalue weighted by atomic mass is 9.79. The van der Waals surface area contributed by atoms with Gasteiger partial charge in [0.05, 0.1) is 162 Å². The van der Waals surface area contributed by atoms with Crippen molar-refractivity contribution in [2.45, 2.75) is 91.1 Å². The largest absolute Gasteiger partial charge is 0.496 e. The number of pyridine rings is 5. The monoisotopic (exact) mass is 1370 g/mol. The van der Waals surface area contributed by atoms with E-state index in [0.717, 1.165) is 84.1 Å². The highest BCUT2D eigenvalue weighted by molar-refractivity contribution is 9.10. The van der Waals surface area contributed by atoms with E-state index in [0.29, 0.717) is 71.6 Å². The maximum Gasteiger partial charge on any atom is 0.496 e. The Morgan fingerprint density at radius 2 is 1.10 bits per heavy atom. The molecule has 0 bridgehead atoms. The van der Waals surface area contributed by atoms with Crippen molar-refractivity contribution in [1.82, 2.24) is 70.1 Å². The smallest absolute Gasteiger partial charge is 0.399 e. The number of aliphatic imine (C=N–C) groups is 4. The lowest BCUT2D eigenvalue weighted by molar-refractivity contribution is 0.00578. The van der Waals surface area contributed by atoms with Gasteiger partial charge in [-0.25, -0.2) is 24.3 Å². The highest BCUT2D eigenvalue weighted by atomic mass is 79.9. The minimum Gasteiger partial charge on any atom is -0.399 e. The van der Waals surface area contributed by atoms with Crippen LogP contribution in [0.15, 0.2) is 160 Å². The fourth-order valence-electron chi connectivity index (χ4n) is 9.75. The summed E-state index contributed by atoms with van der Waals surface area (Å²) in [5.74, 6) is -0.468. The van der Waals surface area contributed by atoms with E-state index in [1.54, 1.807) is 87.3 Å². The zero-order valence-electron chi connectivity index (χ0n) is 53.4. The number of amides is 1. The molecule has 1 atom stereocenters. The van der Waals surface area contributed by atoms with Crippen molar-refractivity contribution in [3.8, 4) is 52.0 Å². The van der Waals surface area contributed by atoms with Gasteiger partial charge < -0.3 is 25.7 Å². The lowest BCUT2D eigenvalue weighted by Gasteiger charge is -2.32. The summed E-state index contributed by atoms with van der Waals surface area (Å²) in [7, 11) is -0.346. The fraction of sp³-hybridized carbons (Fsp3) is 0.203. The second-order valence-electron chi connectivity index (χ2n) is 23.1. The Bertz CT molecular complexity index is 4810. The molecule has 26 nitrogen and oxygen atoms in total. The van der Waals surface area contributed by atoms with Gasteiger partial charge in [-0.2, -0.15) is 15.8 Å². The third-order valence-electron chi connectivity index (χ3n) is 15.9. The van der Waals surface area contributed by atoms with Crippen molar-refractivity contribution in [1.29, 1.82) is 15.8 Å². The van der Waals surface area contributed by atoms with Gasteiger partial charge in [-0.15, -0.1) is 0 Å². The molecule has 5 aliphatic heterocycles. The average Bonchev–Trinajstić information content (AvgIpc) is 1.62. The van der Waals surface area contributed by atoms with Crippen LogP contribution in [0, 0.1) is 39.8 Å². The minimum atomic E-state index is -0.418. The molecule has 29 heteroatoms. The van der Waals surface area contributed by atoms with E-state index in [1.165, 1.54) is 43.0 Å². The average molecular weight is 1370 g/mol. The number of nitrogens with two attached hydrogens (primary N) is 1. The Kier molecular flexibility index (Phi) is 21.1. The van der Waals surface area contributed by atoms with Gasteiger partial charge in [0.25, 0.3) is 5.91 Å². The molecule has 1 aromatic carbocycles. The second-order valence-corrected chi connectivity index (χ2v) is 23.9. The van der Waals surface area contributed by atoms with E-state index in [9.17, 15) is 14.4 Å². The Hall–Kier alpha value is -11.9. The summed E-state index contributed by atoms with van der Waals surface area (Å²) in [6.07, 6.45) is 28.3. The maximum atomic E-state index is 13.2. The summed E-state index contributed by atoms with van der Waals surface area (Å²) >= 11 is 3.09. The zero-order chi connectivity index (χ0) is 68.8. The van der Waals surface area contributed by atoms with Crippen LogP contribution < -0.4 is 21.8 Å². The van der Waals surface area contributed by atoms with Gasteiger partial charge in [-0.1, -0.05) is 18.2 Å². The van der Waals surface area contributed by atoms with E-state index >= 15 is 0 Å². The third kappa shape index (κ3) is 16.6. The van der Waals surface area contributed by atoms with Crippen molar-refractivity contribution >= 4 is 65.1 Å². The number of benzene rings is 1. The molecule has 1 saturated heterocycles. The SMILES string of the molecule is CC1(C)OB(c2cnc3c(c2)C=NC3)OC1(C)C.C[C@H](NC(=O)c1cc(C#N)cnc1NCc1cnc(-c2cnc3c(c2)CN=C3)cn1)c1ccc(F)cc1.N#Cc1cnc(-c2cnc3c(c2)CN=C3)cn1.N#Cc1cnc(Br)cn1.NCc1cnc(-c2cnc3c(c2)CN=C3)cn1. The number of hydrogen-bond donors (Lipinski definition) is 3. The number of anilines is 1. The number of carbonyl (C=O) groups is 1. The normalized spacial score (nSPS) is 14.1. The second kappa shape index (κ2) is 30.6. The minimum absolute atomic E-state index is 0.212. The first-order valence-electron chi connectivity index (χ1n) is 30.4. The van der Waals surface area contributed by atoms with E-state index in [4.69, 9.17) is 25.6 Å². The van der Waals surface area contributed by atoms with Gasteiger partial charge >= 0.3 is 7.12 Å². The molecule has 14 heterocycles. The van der Waals surface area contributed by atoms with Crippen LogP contribution in [0.2, 0.25) is 0 Å². The number of hydrogen-bond acceptors (Lipinski definition) is 25. The molecule has 0 unspecified atom stereocenters. The Morgan fingerprint density at radius 3 is 1.59 bits per heavy atom. The highest BCUT2D eigenvalue weighted by Crippen LogP contribution is 2.37. The first-order valence-corrected chi connectivity index (χ1v) is 31.2. The number of halogens is 2. The molecule has 0 aliphatic carbocycles. The fourth-order valence-corrected chi connectivity index (χ4v) is 9.95. The van der Waals surface area contributed by atoms with Gasteiger partial charge in [-0.3, -0.25) is 69.6 Å². The Morgan fingerprint density at radius 1 is 0.582 bits per heavy atom. The topological polar surface area (TPSA) is 374 Å². The van der Waals surface area contributed by atoms with Crippen LogP contribution in [-0.4, -0.2) is 114 Å². The molecule has 1 fully saturated rings. The molecular weight excluding hydrogens is 1310 g/mol. The molecule has 0 spiro atoms. The standard InChI is InChI=1S/C27H21FN8O.C13H17BN2O2.C12H11N5.C12H7N5.C5H2BrN3/c1-16(18-2-4-21(28)5-3-18)36-27(37)23-6-17(8-29)9-34-26(23)35-13-22-12-33-25(15-31-22)20-7-19-10-30-14-24(19)32-11-20;1-12(2)13(3,4)18-14(17-12)10-5-9-6-15-8-11(9)16-7-10;2*13-2-10-5-17-12(7-15-10)9-1-8-3-14-6-11(8)16-4-9;6-5-3-8-4(1-7)2-9-5/h2-7,9,11-12,14-16H,10,13H2,1H3,(H,34,35)(H,36,37);5-7H,8H2,1-4H3;1,4-7H,2-3,13H2;1,4-7H,3H2;2-3H/t16-;;;;/m0..../s1. The predicted octanol–water partition coefficient (Wildman–Crippen LogP) is 8.68. The number of nitrogens with zero attached hydrogens (tertiary/aromatic N) is 20. The first kappa shape index (κ1) is 67.5. The number of rotatable bonds is 11. The van der Waals surface area contributed by atoms with Crippen molar-refractivity contribution in [3.63, 3.8) is 0 Å². The molecule has 10 aromatic rings. The number of nitrogens with one attached hydrogen (secondary N) is 2. The molecular formula is C69H58BBrFN23O3. The summed E-state index contributed by atoms with van der Waals surface area (Å²) < 4.78 is 25.9. The molecule has 9 aromatic heterocycles. The Balaban J connectivity index is 0.000000134. The molecule has 484 valence electrons. The zero-order valence-corrected chi connectivity index (χ0v) is 55.0. The van der Waals surface area contributed by atoms with E-state index in [-0.39, 0.29) is 47.9 Å². The third-order valence-corrected chi connectivity index (χ3v) is 16.3. The summed E-state index contributed by atoms with van der Waals surface area (Å²) in [4.78, 5) is 84.7. The van der Waals surface area contributed by atoms with Crippen molar-refractivity contribution in [3.05, 3.63) is 230 Å². The molecule has 5 aliphatic rings. The highest BCUT2D eigenvalue weighted by Gasteiger charge is 2.52. The van der Waals surface area contributed by atoms with Crippen molar-refractivity contribution in [2.75, 3.05) is 5.32 Å². The molecule has 1 amide bonds. The number of carbonyl (C=O) groups excluding carboxylic acids is 1. The van der Waals surface area contributed by atoms with Gasteiger partial charge in [0, 0.05) is 107 Å². The van der Waals surface area contributed by atoms with Crippen molar-refractivity contribution in [2.24, 2.45) is 25.7 Å². The van der Waals surface area contributed by atoms with Crippen LogP contribution in [-0.2, 0) is 48.6 Å². The Labute approximate surface area is 570 Å². The van der Waals surface area contributed by atoms with Gasteiger partial charge in [0.15, 0.2) is 11.4 Å². The summed E-state index contributed by atoms with van der Waals surface area (Å²) in [5.41, 5.74) is 22.1. The quantitative estimate of drug-likeness (QED) is 0.102. The van der Waals surface area contributed by atoms with E-state index in [2.05, 4.69) is 151 Å². The molecule has 0 radical (unpaired) electrons. The molecule has 15 rings (SSSR count). The first-order chi connectivity index (χ1) is 47.4. The maximum absolute atomic E-state index is 13.2. The van der Waals surface area contributed by atoms with Crippen LogP contribution in [0.25, 0.3) is 33.8 Å². The van der Waals surface area contributed by atoms with Gasteiger partial charge in [0.1, 0.15) is 34.4 Å². The van der Waals surface area contributed by atoms with Gasteiger partial charge in [-0.05, 0) is 92.5 Å². The predicted molar refractivity (Wildman–Crippen MR) is 367 cm³/mol. The number of nitriles is 3. The number of aromatic nitrogens is 13. The summed E-state index contributed by atoms with van der Waals surface area (Å²) in [6, 6.07) is 20.9. The molecule has 98 heavy (non-hydrogen) atoms. The van der Waals surface area contributed by atoms with Crippen LogP contribution in [0.4, 0.5) is 10.2 Å².